The zero-order valence-electron chi connectivity index (χ0n) is 10.3. The second-order valence-corrected chi connectivity index (χ2v) is 4.77. The molecule has 0 saturated carbocycles. The molecule has 0 aliphatic rings. The Labute approximate surface area is 111 Å². The molecule has 1 unspecified atom stereocenters. The van der Waals surface area contributed by atoms with Crippen LogP contribution in [0, 0.1) is 5.82 Å². The smallest absolute Gasteiger partial charge is 0.123 e. The van der Waals surface area contributed by atoms with Crippen molar-refractivity contribution in [1.82, 2.24) is 0 Å². The number of rotatable bonds is 8. The summed E-state index contributed by atoms with van der Waals surface area (Å²) in [6, 6.07) is 6.53. The molecule has 3 heteroatoms. The summed E-state index contributed by atoms with van der Waals surface area (Å²) in [7, 11) is 0. The Bertz CT molecular complexity index is 300. The maximum Gasteiger partial charge on any atom is 0.123 e. The minimum Gasteiger partial charge on any atom is -0.373 e. The second-order valence-electron chi connectivity index (χ2n) is 4.13. The van der Waals surface area contributed by atoms with Crippen molar-refractivity contribution in [2.75, 3.05) is 11.9 Å². The molecule has 0 amide bonds. The Kier molecular flexibility index (Phi) is 7.45. The Morgan fingerprint density at radius 3 is 2.47 bits per heavy atom. The molecule has 0 spiro atoms. The summed E-state index contributed by atoms with van der Waals surface area (Å²) in [5.74, 6) is -0.204. The lowest BCUT2D eigenvalue weighted by molar-refractivity contribution is 0.0668. The molecule has 0 heterocycles. The van der Waals surface area contributed by atoms with Crippen molar-refractivity contribution >= 4 is 15.9 Å². The highest BCUT2D eigenvalue weighted by molar-refractivity contribution is 9.09. The number of hydrogen-bond donors (Lipinski definition) is 0. The molecule has 0 radical (unpaired) electrons. The summed E-state index contributed by atoms with van der Waals surface area (Å²) < 4.78 is 18.6. The minimum absolute atomic E-state index is 0.0252. The van der Waals surface area contributed by atoms with Gasteiger partial charge in [-0.25, -0.2) is 4.39 Å². The highest BCUT2D eigenvalue weighted by Crippen LogP contribution is 2.20. The van der Waals surface area contributed by atoms with Gasteiger partial charge in [0.25, 0.3) is 0 Å². The third-order valence-corrected chi connectivity index (χ3v) is 3.29. The van der Waals surface area contributed by atoms with E-state index in [2.05, 4.69) is 22.9 Å². The molecule has 1 rings (SSSR count). The van der Waals surface area contributed by atoms with Crippen LogP contribution in [-0.2, 0) is 4.74 Å². The Balaban J connectivity index is 2.35. The van der Waals surface area contributed by atoms with Crippen molar-refractivity contribution < 1.29 is 9.13 Å². The molecule has 0 aliphatic heterocycles. The number of benzene rings is 1. The molecule has 1 atom stereocenters. The third-order valence-electron chi connectivity index (χ3n) is 2.70. The number of ether oxygens (including phenoxy) is 1. The summed E-state index contributed by atoms with van der Waals surface area (Å²) >= 11 is 3.44. The quantitative estimate of drug-likeness (QED) is 0.492. The van der Waals surface area contributed by atoms with Crippen molar-refractivity contribution in [1.29, 1.82) is 0 Å². The van der Waals surface area contributed by atoms with Gasteiger partial charge in [-0.3, -0.25) is 0 Å². The second kappa shape index (κ2) is 8.65. The van der Waals surface area contributed by atoms with Crippen LogP contribution in [0.5, 0.6) is 0 Å². The van der Waals surface area contributed by atoms with Crippen LogP contribution in [0.4, 0.5) is 4.39 Å². The van der Waals surface area contributed by atoms with Gasteiger partial charge in [-0.15, -0.1) is 0 Å². The normalized spacial score (nSPS) is 12.6. The fraction of sp³-hybridized carbons (Fsp3) is 0.571. The molecular weight excluding hydrogens is 283 g/mol. The van der Waals surface area contributed by atoms with Gasteiger partial charge in [0.1, 0.15) is 5.82 Å². The maximum absolute atomic E-state index is 12.8. The fourth-order valence-corrected chi connectivity index (χ4v) is 2.22. The van der Waals surface area contributed by atoms with E-state index in [1.165, 1.54) is 31.4 Å². The van der Waals surface area contributed by atoms with Crippen molar-refractivity contribution in [3.8, 4) is 0 Å². The maximum atomic E-state index is 12.8. The van der Waals surface area contributed by atoms with Crippen LogP contribution >= 0.6 is 15.9 Å². The molecule has 0 aliphatic carbocycles. The lowest BCUT2D eigenvalue weighted by atomic mass is 10.1. The first-order valence-electron chi connectivity index (χ1n) is 6.21. The van der Waals surface area contributed by atoms with E-state index >= 15 is 0 Å². The van der Waals surface area contributed by atoms with E-state index in [9.17, 15) is 4.39 Å². The van der Waals surface area contributed by atoms with E-state index in [0.29, 0.717) is 0 Å². The topological polar surface area (TPSA) is 9.23 Å². The predicted molar refractivity (Wildman–Crippen MR) is 73.0 cm³/mol. The number of halogens is 2. The molecule has 96 valence electrons. The van der Waals surface area contributed by atoms with E-state index < -0.39 is 0 Å². The van der Waals surface area contributed by atoms with Crippen LogP contribution < -0.4 is 0 Å². The van der Waals surface area contributed by atoms with Crippen molar-refractivity contribution in [3.63, 3.8) is 0 Å². The van der Waals surface area contributed by atoms with Gasteiger partial charge in [-0.2, -0.15) is 0 Å². The Morgan fingerprint density at radius 1 is 1.18 bits per heavy atom. The van der Waals surface area contributed by atoms with E-state index in [1.807, 2.05) is 0 Å². The third kappa shape index (κ3) is 5.64. The summed E-state index contributed by atoms with van der Waals surface area (Å²) in [4.78, 5) is 0. The zero-order chi connectivity index (χ0) is 12.5. The molecule has 1 aromatic rings. The molecule has 0 aromatic heterocycles. The average molecular weight is 303 g/mol. The van der Waals surface area contributed by atoms with Crippen LogP contribution in [-0.4, -0.2) is 11.9 Å². The first-order chi connectivity index (χ1) is 8.27. The molecule has 1 aromatic carbocycles. The van der Waals surface area contributed by atoms with E-state index in [1.54, 1.807) is 12.1 Å². The standard InChI is InChI=1S/C14H20BrFO/c1-2-3-4-5-10-17-14(11-15)12-6-8-13(16)9-7-12/h6-9,14H,2-5,10-11H2,1H3. The summed E-state index contributed by atoms with van der Waals surface area (Å²) in [5.41, 5.74) is 1.03. The van der Waals surface area contributed by atoms with E-state index in [-0.39, 0.29) is 11.9 Å². The number of unbranched alkanes of at least 4 members (excludes halogenated alkanes) is 3. The molecule has 1 nitrogen and oxygen atoms in total. The van der Waals surface area contributed by atoms with Gasteiger partial charge in [-0.05, 0) is 24.1 Å². The van der Waals surface area contributed by atoms with Crippen LogP contribution in [0.25, 0.3) is 0 Å². The molecule has 0 fully saturated rings. The summed E-state index contributed by atoms with van der Waals surface area (Å²) in [6.07, 6.45) is 4.84. The fourth-order valence-electron chi connectivity index (χ4n) is 1.66. The SMILES string of the molecule is CCCCCCOC(CBr)c1ccc(F)cc1. The van der Waals surface area contributed by atoms with Crippen molar-refractivity contribution in [2.45, 2.75) is 38.7 Å². The highest BCUT2D eigenvalue weighted by atomic mass is 79.9. The van der Waals surface area contributed by atoms with E-state index in [0.717, 1.165) is 23.9 Å². The Morgan fingerprint density at radius 2 is 1.88 bits per heavy atom. The van der Waals surface area contributed by atoms with Gasteiger partial charge in [0.15, 0.2) is 0 Å². The predicted octanol–water partition coefficient (Wildman–Crippen LogP) is 4.86. The van der Waals surface area contributed by atoms with Crippen LogP contribution in [0.1, 0.15) is 44.3 Å². The molecular formula is C14H20BrFO. The van der Waals surface area contributed by atoms with Gasteiger partial charge in [0, 0.05) is 11.9 Å². The monoisotopic (exact) mass is 302 g/mol. The lowest BCUT2D eigenvalue weighted by Gasteiger charge is -2.15. The van der Waals surface area contributed by atoms with Gasteiger partial charge in [0.05, 0.1) is 6.10 Å². The first-order valence-corrected chi connectivity index (χ1v) is 7.33. The minimum atomic E-state index is -0.204. The summed E-state index contributed by atoms with van der Waals surface area (Å²) in [5, 5.41) is 0.742. The average Bonchev–Trinajstić information content (AvgIpc) is 2.35. The molecule has 0 bridgehead atoms. The molecule has 0 N–H and O–H groups in total. The first kappa shape index (κ1) is 14.7. The van der Waals surface area contributed by atoms with Crippen LogP contribution in [0.15, 0.2) is 24.3 Å². The summed E-state index contributed by atoms with van der Waals surface area (Å²) in [6.45, 7) is 2.97. The van der Waals surface area contributed by atoms with Crippen LogP contribution in [0.2, 0.25) is 0 Å². The van der Waals surface area contributed by atoms with Gasteiger partial charge in [0.2, 0.25) is 0 Å². The zero-order valence-corrected chi connectivity index (χ0v) is 11.9. The number of hydrogen-bond acceptors (Lipinski definition) is 1. The largest absolute Gasteiger partial charge is 0.373 e. The number of alkyl halides is 1. The van der Waals surface area contributed by atoms with Crippen molar-refractivity contribution in [3.05, 3.63) is 35.6 Å². The molecule has 0 saturated heterocycles. The van der Waals surface area contributed by atoms with Crippen molar-refractivity contribution in [2.24, 2.45) is 0 Å². The van der Waals surface area contributed by atoms with Gasteiger partial charge >= 0.3 is 0 Å². The highest BCUT2D eigenvalue weighted by Gasteiger charge is 2.10. The van der Waals surface area contributed by atoms with Crippen LogP contribution in [0.3, 0.4) is 0 Å². The van der Waals surface area contributed by atoms with Gasteiger partial charge < -0.3 is 4.74 Å². The van der Waals surface area contributed by atoms with E-state index in [4.69, 9.17) is 4.74 Å². The molecule has 17 heavy (non-hydrogen) atoms. The lowest BCUT2D eigenvalue weighted by Crippen LogP contribution is -2.07. The Hall–Kier alpha value is -0.410. The van der Waals surface area contributed by atoms with Gasteiger partial charge in [-0.1, -0.05) is 54.2 Å².